The predicted molar refractivity (Wildman–Crippen MR) is 122 cm³/mol. The topological polar surface area (TPSA) is 85.7 Å². The molecule has 0 fully saturated rings. The number of rotatable bonds is 6. The largest absolute Gasteiger partial charge is 0.497 e. The average molecular weight is 419 g/mol. The lowest BCUT2D eigenvalue weighted by atomic mass is 9.97. The molecule has 0 aliphatic carbocycles. The van der Waals surface area contributed by atoms with Gasteiger partial charge in [0.25, 0.3) is 0 Å². The number of nitrogens with zero attached hydrogens (tertiary/aromatic N) is 2. The van der Waals surface area contributed by atoms with Gasteiger partial charge in [0.1, 0.15) is 11.6 Å². The van der Waals surface area contributed by atoms with E-state index in [1.54, 1.807) is 21.3 Å². The maximum Gasteiger partial charge on any atom is 0.215 e. The second kappa shape index (κ2) is 8.18. The molecule has 7 nitrogen and oxygen atoms in total. The van der Waals surface area contributed by atoms with Gasteiger partial charge < -0.3 is 24.6 Å². The molecule has 2 heterocycles. The molecular weight excluding hydrogens is 394 g/mol. The van der Waals surface area contributed by atoms with Crippen molar-refractivity contribution >= 4 is 27.5 Å². The number of methoxy groups -OCH3 is 3. The molecule has 0 atom stereocenters. The van der Waals surface area contributed by atoms with Crippen LogP contribution in [-0.2, 0) is 6.42 Å². The van der Waals surface area contributed by atoms with Gasteiger partial charge in [0, 0.05) is 35.5 Å². The maximum atomic E-state index is 10.8. The summed E-state index contributed by atoms with van der Waals surface area (Å²) in [5, 5.41) is 16.6. The molecule has 0 unspecified atom stereocenters. The minimum Gasteiger partial charge on any atom is -0.497 e. The fraction of sp³-hybridized carbons (Fsp3) is 0.250. The Hall–Kier alpha value is -3.74. The van der Waals surface area contributed by atoms with Crippen molar-refractivity contribution in [2.45, 2.75) is 13.3 Å². The van der Waals surface area contributed by atoms with E-state index in [9.17, 15) is 5.11 Å². The zero-order chi connectivity index (χ0) is 22.1. The van der Waals surface area contributed by atoms with E-state index < -0.39 is 0 Å². The molecule has 0 aliphatic heterocycles. The van der Waals surface area contributed by atoms with Crippen LogP contribution < -0.4 is 19.5 Å². The van der Waals surface area contributed by atoms with Gasteiger partial charge in [-0.2, -0.15) is 0 Å². The normalized spacial score (nSPS) is 11.0. The summed E-state index contributed by atoms with van der Waals surface area (Å²) in [6.07, 6.45) is 0.432. The van der Waals surface area contributed by atoms with Crippen molar-refractivity contribution in [1.82, 2.24) is 9.97 Å². The van der Waals surface area contributed by atoms with Crippen molar-refractivity contribution in [1.29, 1.82) is 0 Å². The number of aryl methyl sites for hydroxylation is 1. The molecule has 2 N–H and O–H groups in total. The Labute approximate surface area is 180 Å². The molecule has 0 spiro atoms. The lowest BCUT2D eigenvalue weighted by Gasteiger charge is -2.16. The molecule has 2 aromatic heterocycles. The van der Waals surface area contributed by atoms with Gasteiger partial charge in [-0.3, -0.25) is 0 Å². The number of nitrogens with one attached hydrogen (secondary N) is 1. The highest BCUT2D eigenvalue weighted by Gasteiger charge is 2.18. The molecule has 0 aliphatic rings. The Morgan fingerprint density at radius 1 is 0.903 bits per heavy atom. The third-order valence-electron chi connectivity index (χ3n) is 5.49. The van der Waals surface area contributed by atoms with Crippen molar-refractivity contribution in [3.8, 4) is 23.1 Å². The van der Waals surface area contributed by atoms with Gasteiger partial charge in [-0.25, -0.2) is 9.97 Å². The van der Waals surface area contributed by atoms with E-state index in [0.717, 1.165) is 38.8 Å². The smallest absolute Gasteiger partial charge is 0.215 e. The first kappa shape index (κ1) is 20.5. The van der Waals surface area contributed by atoms with Gasteiger partial charge in [-0.05, 0) is 54.3 Å². The Morgan fingerprint density at radius 2 is 1.61 bits per heavy atom. The van der Waals surface area contributed by atoms with Crippen molar-refractivity contribution in [3.63, 3.8) is 0 Å². The van der Waals surface area contributed by atoms with Crippen LogP contribution >= 0.6 is 0 Å². The van der Waals surface area contributed by atoms with E-state index in [-0.39, 0.29) is 5.88 Å². The van der Waals surface area contributed by atoms with Crippen molar-refractivity contribution in [3.05, 3.63) is 53.2 Å². The van der Waals surface area contributed by atoms with Gasteiger partial charge in [-0.1, -0.05) is 0 Å². The minimum absolute atomic E-state index is 0.00925. The van der Waals surface area contributed by atoms with Crippen LogP contribution in [0.2, 0.25) is 0 Å². The van der Waals surface area contributed by atoms with Crippen LogP contribution in [0.25, 0.3) is 21.7 Å². The first-order chi connectivity index (χ1) is 15.0. The zero-order valence-corrected chi connectivity index (χ0v) is 18.2. The third-order valence-corrected chi connectivity index (χ3v) is 5.49. The number of fused-ring (bicyclic) bond motifs is 2. The van der Waals surface area contributed by atoms with E-state index in [2.05, 4.69) is 16.4 Å². The van der Waals surface area contributed by atoms with Crippen molar-refractivity contribution in [2.75, 3.05) is 33.7 Å². The maximum absolute atomic E-state index is 10.8. The standard InChI is InChI=1S/C24H25N3O4/c1-13-17-11-21(30-4)22(31-5)12-18(17)19(24(28)26-13)10-15-8-14-9-16(29-3)6-7-20(14)27-23(15)25-2/h6-9,11-12H,10H2,1-5H3,(H,25,27)(H,26,28). The summed E-state index contributed by atoms with van der Waals surface area (Å²) in [5.41, 5.74) is 3.20. The summed E-state index contributed by atoms with van der Waals surface area (Å²) in [4.78, 5) is 9.11. The second-order valence-corrected chi connectivity index (χ2v) is 7.23. The van der Waals surface area contributed by atoms with Gasteiger partial charge in [0.2, 0.25) is 5.88 Å². The van der Waals surface area contributed by atoms with Crippen LogP contribution in [0.15, 0.2) is 36.4 Å². The van der Waals surface area contributed by atoms with Crippen LogP contribution in [0.1, 0.15) is 16.8 Å². The van der Waals surface area contributed by atoms with E-state index in [0.29, 0.717) is 29.2 Å². The summed E-state index contributed by atoms with van der Waals surface area (Å²) >= 11 is 0. The number of ether oxygens (including phenoxy) is 3. The second-order valence-electron chi connectivity index (χ2n) is 7.23. The Kier molecular flexibility index (Phi) is 5.42. The molecule has 0 radical (unpaired) electrons. The first-order valence-corrected chi connectivity index (χ1v) is 9.88. The molecule has 0 saturated heterocycles. The van der Waals surface area contributed by atoms with Gasteiger partial charge in [0.05, 0.1) is 26.8 Å². The van der Waals surface area contributed by atoms with E-state index in [1.807, 2.05) is 44.3 Å². The van der Waals surface area contributed by atoms with Crippen molar-refractivity contribution in [2.24, 2.45) is 0 Å². The first-order valence-electron chi connectivity index (χ1n) is 9.88. The number of benzene rings is 2. The Morgan fingerprint density at radius 3 is 2.26 bits per heavy atom. The highest BCUT2D eigenvalue weighted by Crippen LogP contribution is 2.38. The van der Waals surface area contributed by atoms with Gasteiger partial charge >= 0.3 is 0 Å². The Balaban J connectivity index is 1.92. The molecule has 31 heavy (non-hydrogen) atoms. The zero-order valence-electron chi connectivity index (χ0n) is 18.2. The summed E-state index contributed by atoms with van der Waals surface area (Å²) in [6.45, 7) is 1.86. The molecular formula is C24H25N3O4. The van der Waals surface area contributed by atoms with Crippen LogP contribution in [0.3, 0.4) is 0 Å². The molecule has 7 heteroatoms. The number of anilines is 1. The molecule has 0 saturated carbocycles. The van der Waals surface area contributed by atoms with E-state index >= 15 is 0 Å². The molecule has 4 rings (SSSR count). The quantitative estimate of drug-likeness (QED) is 0.477. The number of aromatic nitrogens is 2. The third kappa shape index (κ3) is 3.63. The SMILES string of the molecule is CNc1nc2ccc(OC)cc2cc1Cc1c(O)nc(C)c2cc(OC)c(OC)cc12. The number of hydrogen-bond donors (Lipinski definition) is 2. The van der Waals surface area contributed by atoms with Crippen LogP contribution in [0, 0.1) is 6.92 Å². The highest BCUT2D eigenvalue weighted by atomic mass is 16.5. The molecule has 0 bridgehead atoms. The van der Waals surface area contributed by atoms with E-state index in [4.69, 9.17) is 19.2 Å². The average Bonchev–Trinajstić information content (AvgIpc) is 2.79. The van der Waals surface area contributed by atoms with Crippen LogP contribution in [-0.4, -0.2) is 43.5 Å². The predicted octanol–water partition coefficient (Wildman–Crippen LogP) is 4.46. The summed E-state index contributed by atoms with van der Waals surface area (Å²) < 4.78 is 16.3. The highest BCUT2D eigenvalue weighted by molar-refractivity contribution is 5.92. The molecule has 0 amide bonds. The fourth-order valence-corrected chi connectivity index (χ4v) is 3.88. The van der Waals surface area contributed by atoms with Crippen LogP contribution in [0.4, 0.5) is 5.82 Å². The number of hydrogen-bond acceptors (Lipinski definition) is 7. The Bertz CT molecular complexity index is 1290. The number of aromatic hydroxyl groups is 1. The molecule has 160 valence electrons. The summed E-state index contributed by atoms with van der Waals surface area (Å²) in [6, 6.07) is 11.6. The fourth-order valence-electron chi connectivity index (χ4n) is 3.88. The van der Waals surface area contributed by atoms with E-state index in [1.165, 1.54) is 0 Å². The number of pyridine rings is 2. The minimum atomic E-state index is -0.00925. The monoisotopic (exact) mass is 419 g/mol. The summed E-state index contributed by atoms with van der Waals surface area (Å²) in [5.74, 6) is 2.71. The van der Waals surface area contributed by atoms with Gasteiger partial charge in [-0.15, -0.1) is 0 Å². The summed E-state index contributed by atoms with van der Waals surface area (Å²) in [7, 11) is 6.67. The molecule has 2 aromatic carbocycles. The lowest BCUT2D eigenvalue weighted by Crippen LogP contribution is -2.03. The lowest BCUT2D eigenvalue weighted by molar-refractivity contribution is 0.355. The van der Waals surface area contributed by atoms with Crippen LogP contribution in [0.5, 0.6) is 23.1 Å². The van der Waals surface area contributed by atoms with Gasteiger partial charge in [0.15, 0.2) is 11.5 Å². The molecule has 4 aromatic rings. The van der Waals surface area contributed by atoms with Crippen molar-refractivity contribution < 1.29 is 19.3 Å².